The van der Waals surface area contributed by atoms with Crippen LogP contribution in [0, 0.1) is 0 Å². The van der Waals surface area contributed by atoms with Crippen molar-refractivity contribution in [3.05, 3.63) is 70.8 Å². The summed E-state index contributed by atoms with van der Waals surface area (Å²) in [7, 11) is 0. The molecule has 0 aromatic heterocycles. The Morgan fingerprint density at radius 2 is 1.73 bits per heavy atom. The number of nitrogens with zero attached hydrogens (tertiary/aromatic N) is 1. The predicted octanol–water partition coefficient (Wildman–Crippen LogP) is 4.48. The first-order chi connectivity index (χ1) is 12.8. The van der Waals surface area contributed by atoms with Gasteiger partial charge in [0.05, 0.1) is 6.04 Å². The molecule has 1 aliphatic heterocycles. The van der Waals surface area contributed by atoms with Gasteiger partial charge in [0, 0.05) is 12.1 Å². The Balaban J connectivity index is 1.39. The Morgan fingerprint density at radius 3 is 2.54 bits per heavy atom. The van der Waals surface area contributed by atoms with Gasteiger partial charge in [0.15, 0.2) is 0 Å². The predicted molar refractivity (Wildman–Crippen MR) is 105 cm³/mol. The maximum absolute atomic E-state index is 12.7. The summed E-state index contributed by atoms with van der Waals surface area (Å²) in [5, 5.41) is 3.24. The fourth-order valence-electron chi connectivity index (χ4n) is 4.28. The molecule has 1 N–H and O–H groups in total. The van der Waals surface area contributed by atoms with Gasteiger partial charge >= 0.3 is 0 Å². The van der Waals surface area contributed by atoms with Gasteiger partial charge in [-0.15, -0.1) is 0 Å². The first-order valence-corrected chi connectivity index (χ1v) is 9.99. The highest BCUT2D eigenvalue weighted by atomic mass is 16.1. The Labute approximate surface area is 156 Å². The standard InChI is InChI=1S/C23H28N2O/c26-23(24-22-10-6-8-19-7-2-3-9-21(19)22)20-13-11-18(12-14-20)17-25-15-4-1-5-16-25/h2-3,7,9,11-14,22H,1,4-6,8,10,15-17H2,(H,24,26)/t22-/m0/s1. The average Bonchev–Trinajstić information content (AvgIpc) is 2.70. The van der Waals surface area contributed by atoms with Crippen molar-refractivity contribution in [2.24, 2.45) is 0 Å². The van der Waals surface area contributed by atoms with E-state index in [1.54, 1.807) is 0 Å². The van der Waals surface area contributed by atoms with Crippen molar-refractivity contribution in [1.29, 1.82) is 0 Å². The SMILES string of the molecule is O=C(N[C@H]1CCCc2ccccc21)c1ccc(CN2CCCCC2)cc1. The maximum Gasteiger partial charge on any atom is 0.251 e. The van der Waals surface area contributed by atoms with Crippen LogP contribution in [-0.4, -0.2) is 23.9 Å². The number of aryl methyl sites for hydroxylation is 1. The monoisotopic (exact) mass is 348 g/mol. The summed E-state index contributed by atoms with van der Waals surface area (Å²) in [6, 6.07) is 16.8. The zero-order valence-electron chi connectivity index (χ0n) is 15.4. The molecular weight excluding hydrogens is 320 g/mol. The van der Waals surface area contributed by atoms with Crippen molar-refractivity contribution in [2.45, 2.75) is 51.1 Å². The molecule has 2 aromatic rings. The summed E-state index contributed by atoms with van der Waals surface area (Å²) < 4.78 is 0. The fourth-order valence-corrected chi connectivity index (χ4v) is 4.28. The molecule has 2 aliphatic rings. The van der Waals surface area contributed by atoms with Crippen molar-refractivity contribution in [2.75, 3.05) is 13.1 Å². The van der Waals surface area contributed by atoms with Gasteiger partial charge in [0.2, 0.25) is 0 Å². The average molecular weight is 348 g/mol. The van der Waals surface area contributed by atoms with Crippen molar-refractivity contribution in [3.63, 3.8) is 0 Å². The molecular formula is C23H28N2O. The van der Waals surface area contributed by atoms with Crippen LogP contribution >= 0.6 is 0 Å². The number of amides is 1. The molecule has 0 unspecified atom stereocenters. The summed E-state index contributed by atoms with van der Waals surface area (Å²) in [5.74, 6) is 0.0382. The fraction of sp³-hybridized carbons (Fsp3) is 0.435. The van der Waals surface area contributed by atoms with Gasteiger partial charge in [-0.2, -0.15) is 0 Å². The van der Waals surface area contributed by atoms with Gasteiger partial charge in [0.1, 0.15) is 0 Å². The smallest absolute Gasteiger partial charge is 0.251 e. The zero-order chi connectivity index (χ0) is 17.8. The Bertz CT molecular complexity index is 747. The van der Waals surface area contributed by atoms with Crippen LogP contribution in [0.2, 0.25) is 0 Å². The van der Waals surface area contributed by atoms with E-state index in [1.807, 2.05) is 12.1 Å². The van der Waals surface area contributed by atoms with Crippen LogP contribution in [0.3, 0.4) is 0 Å². The Morgan fingerprint density at radius 1 is 0.962 bits per heavy atom. The van der Waals surface area contributed by atoms with Crippen molar-refractivity contribution < 1.29 is 4.79 Å². The number of carbonyl (C=O) groups excluding carboxylic acids is 1. The molecule has 1 aliphatic carbocycles. The zero-order valence-corrected chi connectivity index (χ0v) is 15.4. The lowest BCUT2D eigenvalue weighted by Gasteiger charge is -2.27. The second-order valence-corrected chi connectivity index (χ2v) is 7.65. The first kappa shape index (κ1) is 17.3. The minimum atomic E-state index is 0.0382. The second kappa shape index (κ2) is 8.05. The number of benzene rings is 2. The van der Waals surface area contributed by atoms with Gasteiger partial charge < -0.3 is 5.32 Å². The summed E-state index contributed by atoms with van der Waals surface area (Å²) in [6.45, 7) is 3.39. The molecule has 0 bridgehead atoms. The summed E-state index contributed by atoms with van der Waals surface area (Å²) >= 11 is 0. The van der Waals surface area contributed by atoms with Crippen molar-refractivity contribution in [1.82, 2.24) is 10.2 Å². The number of hydrogen-bond donors (Lipinski definition) is 1. The normalized spacial score (nSPS) is 20.4. The third-order valence-electron chi connectivity index (χ3n) is 5.75. The number of likely N-dealkylation sites (tertiary alicyclic amines) is 1. The molecule has 1 atom stereocenters. The molecule has 1 fully saturated rings. The van der Waals surface area contributed by atoms with E-state index in [9.17, 15) is 4.79 Å². The third kappa shape index (κ3) is 3.99. The molecule has 0 radical (unpaired) electrons. The highest BCUT2D eigenvalue weighted by Crippen LogP contribution is 2.29. The molecule has 4 rings (SSSR count). The molecule has 3 nitrogen and oxygen atoms in total. The van der Waals surface area contributed by atoms with Gasteiger partial charge in [-0.05, 0) is 74.0 Å². The van der Waals surface area contributed by atoms with E-state index in [-0.39, 0.29) is 11.9 Å². The highest BCUT2D eigenvalue weighted by Gasteiger charge is 2.21. The van der Waals surface area contributed by atoms with Crippen LogP contribution in [0.25, 0.3) is 0 Å². The molecule has 1 saturated heterocycles. The lowest BCUT2D eigenvalue weighted by molar-refractivity contribution is 0.0932. The van der Waals surface area contributed by atoms with E-state index in [0.29, 0.717) is 0 Å². The van der Waals surface area contributed by atoms with Crippen molar-refractivity contribution in [3.8, 4) is 0 Å². The molecule has 2 aromatic carbocycles. The van der Waals surface area contributed by atoms with E-state index in [2.05, 4.69) is 46.6 Å². The maximum atomic E-state index is 12.7. The minimum absolute atomic E-state index is 0.0382. The third-order valence-corrected chi connectivity index (χ3v) is 5.75. The number of rotatable bonds is 4. The van der Waals surface area contributed by atoms with Crippen LogP contribution in [0.5, 0.6) is 0 Å². The lowest BCUT2D eigenvalue weighted by Crippen LogP contribution is -2.31. The van der Waals surface area contributed by atoms with Gasteiger partial charge in [0.25, 0.3) is 5.91 Å². The van der Waals surface area contributed by atoms with Gasteiger partial charge in [-0.3, -0.25) is 9.69 Å². The minimum Gasteiger partial charge on any atom is -0.345 e. The van der Waals surface area contributed by atoms with Crippen LogP contribution in [0.4, 0.5) is 0 Å². The molecule has 0 saturated carbocycles. The Kier molecular flexibility index (Phi) is 5.35. The number of carbonyl (C=O) groups is 1. The van der Waals surface area contributed by atoms with E-state index < -0.39 is 0 Å². The molecule has 0 spiro atoms. The van der Waals surface area contributed by atoms with Gasteiger partial charge in [-0.1, -0.05) is 42.8 Å². The van der Waals surface area contributed by atoms with E-state index in [1.165, 1.54) is 49.0 Å². The van der Waals surface area contributed by atoms with Crippen LogP contribution in [-0.2, 0) is 13.0 Å². The number of fused-ring (bicyclic) bond motifs is 1. The first-order valence-electron chi connectivity index (χ1n) is 9.99. The Hall–Kier alpha value is -2.13. The molecule has 26 heavy (non-hydrogen) atoms. The topological polar surface area (TPSA) is 32.3 Å². The molecule has 136 valence electrons. The number of hydrogen-bond acceptors (Lipinski definition) is 2. The van der Waals surface area contributed by atoms with E-state index >= 15 is 0 Å². The molecule has 1 amide bonds. The lowest BCUT2D eigenvalue weighted by atomic mass is 9.87. The van der Waals surface area contributed by atoms with E-state index in [0.717, 1.165) is 31.4 Å². The van der Waals surface area contributed by atoms with E-state index in [4.69, 9.17) is 0 Å². The van der Waals surface area contributed by atoms with Crippen LogP contribution in [0.1, 0.15) is 65.2 Å². The van der Waals surface area contributed by atoms with Crippen LogP contribution in [0.15, 0.2) is 48.5 Å². The second-order valence-electron chi connectivity index (χ2n) is 7.65. The number of piperidine rings is 1. The highest BCUT2D eigenvalue weighted by molar-refractivity contribution is 5.94. The summed E-state index contributed by atoms with van der Waals surface area (Å²) in [6.07, 6.45) is 7.26. The molecule has 1 heterocycles. The van der Waals surface area contributed by atoms with Crippen molar-refractivity contribution >= 4 is 5.91 Å². The quantitative estimate of drug-likeness (QED) is 0.883. The largest absolute Gasteiger partial charge is 0.345 e. The van der Waals surface area contributed by atoms with Gasteiger partial charge in [-0.25, -0.2) is 0 Å². The van der Waals surface area contributed by atoms with Crippen LogP contribution < -0.4 is 5.32 Å². The number of nitrogens with one attached hydrogen (secondary N) is 1. The summed E-state index contributed by atoms with van der Waals surface area (Å²) in [5.41, 5.74) is 4.72. The summed E-state index contributed by atoms with van der Waals surface area (Å²) in [4.78, 5) is 15.2. The molecule has 3 heteroatoms.